The lowest BCUT2D eigenvalue weighted by atomic mass is 10.1. The Labute approximate surface area is 166 Å². The number of aromatic nitrogens is 2. The molecule has 1 heterocycles. The van der Waals surface area contributed by atoms with E-state index in [-0.39, 0.29) is 12.2 Å². The van der Waals surface area contributed by atoms with Crippen LogP contribution in [0.2, 0.25) is 0 Å². The Morgan fingerprint density at radius 2 is 1.93 bits per heavy atom. The maximum atomic E-state index is 12.4. The van der Waals surface area contributed by atoms with Crippen molar-refractivity contribution in [2.24, 2.45) is 5.73 Å². The summed E-state index contributed by atoms with van der Waals surface area (Å²) in [6.45, 7) is 0.844. The molecule has 4 atom stereocenters. The summed E-state index contributed by atoms with van der Waals surface area (Å²) in [7, 11) is 0. The van der Waals surface area contributed by atoms with E-state index in [0.29, 0.717) is 5.69 Å². The minimum Gasteiger partial charge on any atom is -0.480 e. The molecule has 12 nitrogen and oxygen atoms in total. The number of carbonyl (C=O) groups is 4. The quantitative estimate of drug-likeness (QED) is 0.172. The molecule has 1 rings (SSSR count). The highest BCUT2D eigenvalue weighted by molar-refractivity contribution is 7.80. The van der Waals surface area contributed by atoms with Gasteiger partial charge in [0.25, 0.3) is 0 Å². The molecule has 4 unspecified atom stereocenters. The van der Waals surface area contributed by atoms with Crippen LogP contribution in [0.25, 0.3) is 0 Å². The van der Waals surface area contributed by atoms with Gasteiger partial charge < -0.3 is 36.9 Å². The highest BCUT2D eigenvalue weighted by Crippen LogP contribution is 2.01. The predicted molar refractivity (Wildman–Crippen MR) is 100 cm³/mol. The molecule has 0 saturated heterocycles. The zero-order valence-corrected chi connectivity index (χ0v) is 16.0. The van der Waals surface area contributed by atoms with Gasteiger partial charge in [-0.1, -0.05) is 0 Å². The van der Waals surface area contributed by atoms with Gasteiger partial charge in [-0.15, -0.1) is 0 Å². The van der Waals surface area contributed by atoms with Gasteiger partial charge in [0.15, 0.2) is 0 Å². The zero-order chi connectivity index (χ0) is 21.3. The molecule has 8 N–H and O–H groups in total. The number of aliphatic hydroxyl groups excluding tert-OH is 1. The van der Waals surface area contributed by atoms with E-state index < -0.39 is 54.5 Å². The second-order valence-corrected chi connectivity index (χ2v) is 6.33. The molecule has 0 spiro atoms. The van der Waals surface area contributed by atoms with Crippen molar-refractivity contribution in [1.82, 2.24) is 25.9 Å². The smallest absolute Gasteiger partial charge is 0.327 e. The predicted octanol–water partition coefficient (Wildman–Crippen LogP) is -3.24. The third kappa shape index (κ3) is 7.54. The minimum absolute atomic E-state index is 0.0115. The molecule has 13 heteroatoms. The van der Waals surface area contributed by atoms with Gasteiger partial charge in [0.1, 0.15) is 18.1 Å². The van der Waals surface area contributed by atoms with Crippen molar-refractivity contribution in [3.8, 4) is 0 Å². The molecule has 156 valence electrons. The second-order valence-electron chi connectivity index (χ2n) is 5.97. The first-order valence-corrected chi connectivity index (χ1v) is 8.91. The van der Waals surface area contributed by atoms with Gasteiger partial charge in [-0.05, 0) is 6.92 Å². The molecular weight excluding hydrogens is 392 g/mol. The van der Waals surface area contributed by atoms with E-state index in [9.17, 15) is 24.3 Å². The number of aliphatic hydroxyl groups is 1. The van der Waals surface area contributed by atoms with Crippen LogP contribution in [0.3, 0.4) is 0 Å². The SMILES string of the molecule is CC(O)C(N)C(=O)NCC(=O)NC(Cc1cnc[nH]1)C(=O)NC(CS)C(=O)O. The van der Waals surface area contributed by atoms with Gasteiger partial charge in [-0.3, -0.25) is 14.4 Å². The summed E-state index contributed by atoms with van der Waals surface area (Å²) >= 11 is 3.87. The molecule has 0 aromatic carbocycles. The van der Waals surface area contributed by atoms with Crippen LogP contribution in [0.15, 0.2) is 12.5 Å². The molecule has 0 aliphatic heterocycles. The molecular formula is C15H24N6O6S. The molecule has 0 bridgehead atoms. The summed E-state index contributed by atoms with van der Waals surface area (Å²) in [5.74, 6) is -3.59. The summed E-state index contributed by atoms with van der Waals surface area (Å²) in [5.41, 5.74) is 5.98. The summed E-state index contributed by atoms with van der Waals surface area (Å²) in [4.78, 5) is 53.9. The number of nitrogens with one attached hydrogen (secondary N) is 4. The first-order valence-electron chi connectivity index (χ1n) is 8.27. The number of amides is 3. The largest absolute Gasteiger partial charge is 0.480 e. The van der Waals surface area contributed by atoms with E-state index in [4.69, 9.17) is 10.8 Å². The summed E-state index contributed by atoms with van der Waals surface area (Å²) in [6.07, 6.45) is 1.74. The van der Waals surface area contributed by atoms with Crippen LogP contribution < -0.4 is 21.7 Å². The number of H-pyrrole nitrogens is 1. The van der Waals surface area contributed by atoms with Crippen LogP contribution in [-0.4, -0.2) is 80.4 Å². The highest BCUT2D eigenvalue weighted by Gasteiger charge is 2.27. The van der Waals surface area contributed by atoms with Crippen LogP contribution in [0.1, 0.15) is 12.6 Å². The van der Waals surface area contributed by atoms with Crippen LogP contribution in [0.5, 0.6) is 0 Å². The fraction of sp³-hybridized carbons (Fsp3) is 0.533. The Bertz CT molecular complexity index is 683. The fourth-order valence-electron chi connectivity index (χ4n) is 2.03. The third-order valence-corrected chi connectivity index (χ3v) is 4.04. The number of rotatable bonds is 11. The number of aromatic amines is 1. The molecule has 0 fully saturated rings. The van der Waals surface area contributed by atoms with Crippen molar-refractivity contribution in [2.75, 3.05) is 12.3 Å². The summed E-state index contributed by atoms with van der Waals surface area (Å²) in [6, 6.07) is -3.57. The van der Waals surface area contributed by atoms with Gasteiger partial charge in [-0.2, -0.15) is 12.6 Å². The Kier molecular flexibility index (Phi) is 9.41. The van der Waals surface area contributed by atoms with Crippen molar-refractivity contribution in [2.45, 2.75) is 37.6 Å². The number of carbonyl (C=O) groups excluding carboxylic acids is 3. The van der Waals surface area contributed by atoms with Gasteiger partial charge in [0, 0.05) is 24.1 Å². The lowest BCUT2D eigenvalue weighted by molar-refractivity contribution is -0.141. The molecule has 0 aliphatic rings. The average molecular weight is 416 g/mol. The maximum absolute atomic E-state index is 12.4. The Hall–Kier alpha value is -2.64. The standard InChI is InChI=1S/C15H24N6O6S/c1-7(22)12(16)14(25)18-4-11(23)20-9(2-8-3-17-6-19-8)13(24)21-10(5-28)15(26)27/h3,6-7,9-10,12,22,28H,2,4-5,16H2,1H3,(H,17,19)(H,18,25)(H,20,23)(H,21,24)(H,26,27). The molecule has 1 aromatic rings. The average Bonchev–Trinajstić information content (AvgIpc) is 3.15. The van der Waals surface area contributed by atoms with Crippen LogP contribution >= 0.6 is 12.6 Å². The number of carboxylic acid groups (broad SMARTS) is 1. The second kappa shape index (κ2) is 11.3. The minimum atomic E-state index is -1.27. The topological polar surface area (TPSA) is 200 Å². The molecule has 1 aromatic heterocycles. The van der Waals surface area contributed by atoms with Gasteiger partial charge in [-0.25, -0.2) is 9.78 Å². The van der Waals surface area contributed by atoms with E-state index in [1.165, 1.54) is 19.4 Å². The van der Waals surface area contributed by atoms with Crippen molar-refractivity contribution in [3.63, 3.8) is 0 Å². The first-order chi connectivity index (χ1) is 13.1. The van der Waals surface area contributed by atoms with Gasteiger partial charge >= 0.3 is 5.97 Å². The van der Waals surface area contributed by atoms with Crippen molar-refractivity contribution in [3.05, 3.63) is 18.2 Å². The van der Waals surface area contributed by atoms with E-state index >= 15 is 0 Å². The number of nitrogens with zero attached hydrogens (tertiary/aromatic N) is 1. The van der Waals surface area contributed by atoms with Gasteiger partial charge in [0.05, 0.1) is 19.0 Å². The van der Waals surface area contributed by atoms with Crippen LogP contribution in [0, 0.1) is 0 Å². The number of imidazole rings is 1. The van der Waals surface area contributed by atoms with Crippen LogP contribution in [0.4, 0.5) is 0 Å². The summed E-state index contributed by atoms with van der Waals surface area (Å²) in [5, 5.41) is 25.2. The lowest BCUT2D eigenvalue weighted by Crippen LogP contribution is -2.55. The normalized spacial score (nSPS) is 15.0. The number of nitrogens with two attached hydrogens (primary N) is 1. The number of hydrogen-bond acceptors (Lipinski definition) is 8. The van der Waals surface area contributed by atoms with Crippen LogP contribution in [-0.2, 0) is 25.6 Å². The van der Waals surface area contributed by atoms with E-state index in [1.54, 1.807) is 0 Å². The van der Waals surface area contributed by atoms with E-state index in [1.807, 2.05) is 0 Å². The summed E-state index contributed by atoms with van der Waals surface area (Å²) < 4.78 is 0. The van der Waals surface area contributed by atoms with Gasteiger partial charge in [0.2, 0.25) is 17.7 Å². The fourth-order valence-corrected chi connectivity index (χ4v) is 2.28. The third-order valence-electron chi connectivity index (χ3n) is 3.67. The van der Waals surface area contributed by atoms with Crippen molar-refractivity contribution in [1.29, 1.82) is 0 Å². The van der Waals surface area contributed by atoms with E-state index in [2.05, 4.69) is 38.5 Å². The number of aliphatic carboxylic acids is 1. The Morgan fingerprint density at radius 3 is 2.43 bits per heavy atom. The van der Waals surface area contributed by atoms with E-state index in [0.717, 1.165) is 0 Å². The molecule has 0 radical (unpaired) electrons. The monoisotopic (exact) mass is 416 g/mol. The Balaban J connectivity index is 2.74. The highest BCUT2D eigenvalue weighted by atomic mass is 32.1. The molecule has 0 saturated carbocycles. The lowest BCUT2D eigenvalue weighted by Gasteiger charge is -2.21. The maximum Gasteiger partial charge on any atom is 0.327 e. The zero-order valence-electron chi connectivity index (χ0n) is 15.1. The Morgan fingerprint density at radius 1 is 1.25 bits per heavy atom. The number of hydrogen-bond donors (Lipinski definition) is 8. The molecule has 3 amide bonds. The molecule has 0 aliphatic carbocycles. The first kappa shape index (κ1) is 23.4. The molecule has 28 heavy (non-hydrogen) atoms. The number of thiol groups is 1. The van der Waals surface area contributed by atoms with Crippen molar-refractivity contribution < 1.29 is 29.4 Å². The van der Waals surface area contributed by atoms with Crippen molar-refractivity contribution >= 4 is 36.3 Å². The number of carboxylic acids is 1.